The van der Waals surface area contributed by atoms with Crippen molar-refractivity contribution in [3.8, 4) is 6.07 Å². The van der Waals surface area contributed by atoms with Gasteiger partial charge in [0.1, 0.15) is 5.82 Å². The normalized spacial score (nSPS) is 24.0. The smallest absolute Gasteiger partial charge is 0.124 e. The fourth-order valence-corrected chi connectivity index (χ4v) is 3.49. The topological polar surface area (TPSA) is 35.8 Å². The fraction of sp³-hybridized carbons (Fsp3) is 0.235. The van der Waals surface area contributed by atoms with Crippen LogP contribution in [0.1, 0.15) is 18.4 Å². The maximum Gasteiger partial charge on any atom is 0.124 e. The summed E-state index contributed by atoms with van der Waals surface area (Å²) in [7, 11) is 0. The van der Waals surface area contributed by atoms with Gasteiger partial charge in [-0.3, -0.25) is 0 Å². The maximum absolute atomic E-state index is 13.1. The molecule has 0 aliphatic heterocycles. The van der Waals surface area contributed by atoms with Gasteiger partial charge in [-0.15, -0.1) is 0 Å². The van der Waals surface area contributed by atoms with Crippen LogP contribution >= 0.6 is 22.6 Å². The quantitative estimate of drug-likeness (QED) is 0.783. The molecular formula is C17H14FIN2. The molecule has 21 heavy (non-hydrogen) atoms. The number of anilines is 1. The largest absolute Gasteiger partial charge is 0.381 e. The first kappa shape index (κ1) is 14.3. The van der Waals surface area contributed by atoms with Crippen molar-refractivity contribution in [2.45, 2.75) is 24.3 Å². The zero-order valence-corrected chi connectivity index (χ0v) is 13.5. The Morgan fingerprint density at radius 1 is 1.19 bits per heavy atom. The number of nitrogens with zero attached hydrogens (tertiary/aromatic N) is 1. The Balaban J connectivity index is 1.71. The Labute approximate surface area is 137 Å². The van der Waals surface area contributed by atoms with Gasteiger partial charge >= 0.3 is 0 Å². The van der Waals surface area contributed by atoms with Gasteiger partial charge < -0.3 is 5.32 Å². The number of hydrogen-bond donors (Lipinski definition) is 1. The number of hydrogen-bond acceptors (Lipinski definition) is 2. The van der Waals surface area contributed by atoms with E-state index in [1.54, 1.807) is 6.07 Å². The third-order valence-corrected chi connectivity index (χ3v) is 4.91. The van der Waals surface area contributed by atoms with Crippen LogP contribution in [0.2, 0.25) is 0 Å². The van der Waals surface area contributed by atoms with E-state index in [1.165, 1.54) is 12.1 Å². The molecule has 1 aliphatic rings. The number of nitrogens with one attached hydrogen (secondary N) is 1. The molecule has 1 fully saturated rings. The minimum absolute atomic E-state index is 0.228. The molecule has 2 nitrogen and oxygen atoms in total. The minimum Gasteiger partial charge on any atom is -0.381 e. The fourth-order valence-electron chi connectivity index (χ4n) is 2.86. The second-order valence-electron chi connectivity index (χ2n) is 5.43. The van der Waals surface area contributed by atoms with E-state index in [0.717, 1.165) is 27.7 Å². The van der Waals surface area contributed by atoms with Gasteiger partial charge in [0.05, 0.1) is 11.5 Å². The van der Waals surface area contributed by atoms with Gasteiger partial charge in [-0.2, -0.15) is 5.26 Å². The molecule has 0 amide bonds. The van der Waals surface area contributed by atoms with Crippen LogP contribution < -0.4 is 5.32 Å². The Morgan fingerprint density at radius 3 is 2.52 bits per heavy atom. The van der Waals surface area contributed by atoms with E-state index < -0.39 is 0 Å². The Morgan fingerprint density at radius 2 is 1.90 bits per heavy atom. The van der Waals surface area contributed by atoms with Gasteiger partial charge in [0.15, 0.2) is 0 Å². The van der Waals surface area contributed by atoms with Crippen molar-refractivity contribution < 1.29 is 4.39 Å². The van der Waals surface area contributed by atoms with E-state index in [1.807, 2.05) is 30.3 Å². The van der Waals surface area contributed by atoms with E-state index >= 15 is 0 Å². The molecule has 0 saturated heterocycles. The van der Waals surface area contributed by atoms with Gasteiger partial charge in [-0.1, -0.05) is 30.3 Å². The summed E-state index contributed by atoms with van der Waals surface area (Å²) in [6.07, 6.45) is 1.56. The van der Waals surface area contributed by atoms with Crippen molar-refractivity contribution in [1.29, 1.82) is 5.26 Å². The molecule has 1 N–H and O–H groups in total. The van der Waals surface area contributed by atoms with Gasteiger partial charge in [-0.25, -0.2) is 4.39 Å². The highest BCUT2D eigenvalue weighted by Crippen LogP contribution is 2.44. The van der Waals surface area contributed by atoms with Crippen molar-refractivity contribution in [2.24, 2.45) is 0 Å². The minimum atomic E-state index is -0.385. The number of rotatable bonds is 3. The van der Waals surface area contributed by atoms with Crippen molar-refractivity contribution in [3.05, 3.63) is 63.5 Å². The first-order valence-electron chi connectivity index (χ1n) is 6.81. The van der Waals surface area contributed by atoms with Gasteiger partial charge in [0.25, 0.3) is 0 Å². The molecule has 0 atom stereocenters. The third kappa shape index (κ3) is 2.75. The van der Waals surface area contributed by atoms with Crippen LogP contribution in [0, 0.1) is 20.7 Å². The Hall–Kier alpha value is -1.61. The molecule has 3 rings (SSSR count). The lowest BCUT2D eigenvalue weighted by molar-refractivity contribution is 0.289. The summed E-state index contributed by atoms with van der Waals surface area (Å²) in [6, 6.07) is 17.4. The van der Waals surface area contributed by atoms with Gasteiger partial charge in [0, 0.05) is 15.3 Å². The molecule has 2 aromatic rings. The summed E-state index contributed by atoms with van der Waals surface area (Å²) in [5, 5.41) is 12.9. The SMILES string of the molecule is N#CC1(c2ccccc2)CC(Nc2ccc(F)cc2I)C1. The monoisotopic (exact) mass is 392 g/mol. The third-order valence-electron chi connectivity index (χ3n) is 4.02. The summed E-state index contributed by atoms with van der Waals surface area (Å²) < 4.78 is 14.0. The molecular weight excluding hydrogens is 378 g/mol. The molecule has 0 aromatic heterocycles. The molecule has 0 radical (unpaired) electrons. The summed E-state index contributed by atoms with van der Waals surface area (Å²) in [4.78, 5) is 0. The summed E-state index contributed by atoms with van der Waals surface area (Å²) in [6.45, 7) is 0. The standard InChI is InChI=1S/C17H14FIN2/c18-13-6-7-16(15(19)8-13)21-14-9-17(10-14,11-20)12-4-2-1-3-5-12/h1-8,14,21H,9-10H2. The molecule has 0 bridgehead atoms. The first-order chi connectivity index (χ1) is 10.1. The van der Waals surface area contributed by atoms with E-state index in [-0.39, 0.29) is 17.3 Å². The summed E-state index contributed by atoms with van der Waals surface area (Å²) in [5.74, 6) is -0.228. The molecule has 2 aromatic carbocycles. The van der Waals surface area contributed by atoms with Crippen molar-refractivity contribution in [2.75, 3.05) is 5.32 Å². The second-order valence-corrected chi connectivity index (χ2v) is 6.60. The van der Waals surface area contributed by atoms with E-state index in [2.05, 4.69) is 34.0 Å². The lowest BCUT2D eigenvalue weighted by Crippen LogP contribution is -2.47. The van der Waals surface area contributed by atoms with Gasteiger partial charge in [0.2, 0.25) is 0 Å². The lowest BCUT2D eigenvalue weighted by Gasteiger charge is -2.43. The van der Waals surface area contributed by atoms with Gasteiger partial charge in [-0.05, 0) is 59.2 Å². The average molecular weight is 392 g/mol. The molecule has 0 spiro atoms. The molecule has 0 unspecified atom stereocenters. The summed E-state index contributed by atoms with van der Waals surface area (Å²) >= 11 is 2.12. The molecule has 1 saturated carbocycles. The van der Waals surface area contributed by atoms with E-state index in [9.17, 15) is 9.65 Å². The number of nitriles is 1. The molecule has 106 valence electrons. The first-order valence-corrected chi connectivity index (χ1v) is 7.89. The van der Waals surface area contributed by atoms with Crippen LogP contribution in [-0.4, -0.2) is 6.04 Å². The van der Waals surface area contributed by atoms with Crippen LogP contribution in [0.25, 0.3) is 0 Å². The van der Waals surface area contributed by atoms with Crippen LogP contribution in [0.5, 0.6) is 0 Å². The van der Waals surface area contributed by atoms with Crippen LogP contribution in [0.15, 0.2) is 48.5 Å². The van der Waals surface area contributed by atoms with Crippen LogP contribution in [-0.2, 0) is 5.41 Å². The second kappa shape index (κ2) is 5.64. The Bertz CT molecular complexity index is 688. The molecule has 4 heteroatoms. The van der Waals surface area contributed by atoms with E-state index in [4.69, 9.17) is 0 Å². The van der Waals surface area contributed by atoms with Crippen LogP contribution in [0.4, 0.5) is 10.1 Å². The predicted molar refractivity (Wildman–Crippen MR) is 89.5 cm³/mol. The van der Waals surface area contributed by atoms with Crippen molar-refractivity contribution in [1.82, 2.24) is 0 Å². The predicted octanol–water partition coefficient (Wildman–Crippen LogP) is 4.47. The zero-order chi connectivity index (χ0) is 14.9. The summed E-state index contributed by atoms with van der Waals surface area (Å²) in [5.41, 5.74) is 1.63. The lowest BCUT2D eigenvalue weighted by atomic mass is 9.62. The van der Waals surface area contributed by atoms with Crippen molar-refractivity contribution in [3.63, 3.8) is 0 Å². The molecule has 1 aliphatic carbocycles. The average Bonchev–Trinajstić information content (AvgIpc) is 2.45. The molecule has 0 heterocycles. The van der Waals surface area contributed by atoms with E-state index in [0.29, 0.717) is 0 Å². The highest BCUT2D eigenvalue weighted by Gasteiger charge is 2.46. The van der Waals surface area contributed by atoms with Crippen molar-refractivity contribution >= 4 is 28.3 Å². The number of benzene rings is 2. The Kier molecular flexibility index (Phi) is 3.85. The number of halogens is 2. The zero-order valence-electron chi connectivity index (χ0n) is 11.3. The highest BCUT2D eigenvalue weighted by atomic mass is 127. The van der Waals surface area contributed by atoms with Crippen LogP contribution in [0.3, 0.4) is 0 Å². The maximum atomic E-state index is 13.1. The highest BCUT2D eigenvalue weighted by molar-refractivity contribution is 14.1.